The summed E-state index contributed by atoms with van der Waals surface area (Å²) in [4.78, 5) is 0. The van der Waals surface area contributed by atoms with Crippen LogP contribution < -0.4 is 80.6 Å². The van der Waals surface area contributed by atoms with E-state index in [9.17, 15) is 0 Å². The summed E-state index contributed by atoms with van der Waals surface area (Å²) in [5.74, 6) is 0. The summed E-state index contributed by atoms with van der Waals surface area (Å²) >= 11 is 0. The molecule has 0 amide bonds. The zero-order valence-corrected chi connectivity index (χ0v) is 10.5. The largest absolute Gasteiger partial charge is 1.00 e. The van der Waals surface area contributed by atoms with Gasteiger partial charge >= 0.3 is 0 Å². The molecule has 65 valence electrons. The minimum Gasteiger partial charge on any atom is -1.00 e. The molecule has 0 aliphatic heterocycles. The van der Waals surface area contributed by atoms with Crippen molar-refractivity contribution >= 4 is 0 Å². The number of hydrogen-bond donors (Lipinski definition) is 1. The summed E-state index contributed by atoms with van der Waals surface area (Å²) in [6, 6.07) is 0. The molecule has 0 bridgehead atoms. The van der Waals surface area contributed by atoms with Gasteiger partial charge < -0.3 is 80.6 Å². The van der Waals surface area contributed by atoms with Crippen LogP contribution in [0.4, 0.5) is 0 Å². The van der Waals surface area contributed by atoms with Gasteiger partial charge in [-0.15, -0.1) is 0 Å². The first-order chi connectivity index (χ1) is 0. The zero-order valence-electron chi connectivity index (χ0n) is 3.60. The Bertz CT molecular complexity index is 8.49. The van der Waals surface area contributed by atoms with E-state index in [2.05, 4.69) is 0 Å². The molecule has 8 heavy (non-hydrogen) atoms. The van der Waals surface area contributed by atoms with Crippen LogP contribution in [0.3, 0.4) is 0 Å². The zero-order chi connectivity index (χ0) is 0. The van der Waals surface area contributed by atoms with Crippen molar-refractivity contribution in [1.29, 1.82) is 0 Å². The molecule has 8 heteroatoms. The average molecular weight is 423 g/mol. The summed E-state index contributed by atoms with van der Waals surface area (Å²) in [5.41, 5.74) is 0. The molecular formula is H4Cl6IrN-5. The number of quaternary nitrogens is 1. The first-order valence-electron chi connectivity index (χ1n) is 0. The van der Waals surface area contributed by atoms with Crippen molar-refractivity contribution in [3.05, 3.63) is 0 Å². The summed E-state index contributed by atoms with van der Waals surface area (Å²) in [7, 11) is 0. The third kappa shape index (κ3) is 81.7. The van der Waals surface area contributed by atoms with Gasteiger partial charge in [0.25, 0.3) is 0 Å². The quantitative estimate of drug-likeness (QED) is 0.402. The average Bonchev–Trinajstić information content (AvgIpc) is 0. The second-order valence-electron chi connectivity index (χ2n) is 0. The fraction of sp³-hybridized carbons (Fsp3) is 0. The van der Waals surface area contributed by atoms with E-state index in [0.29, 0.717) is 0 Å². The summed E-state index contributed by atoms with van der Waals surface area (Å²) in [5, 5.41) is 0. The van der Waals surface area contributed by atoms with Gasteiger partial charge in [0.05, 0.1) is 0 Å². The molecule has 0 aromatic heterocycles. The van der Waals surface area contributed by atoms with Gasteiger partial charge in [-0.25, -0.2) is 0 Å². The van der Waals surface area contributed by atoms with Crippen molar-refractivity contribution in [1.82, 2.24) is 6.15 Å². The molecule has 0 spiro atoms. The van der Waals surface area contributed by atoms with Crippen LogP contribution in [-0.2, 0) is 20.1 Å². The molecule has 0 aromatic rings. The molecule has 0 rings (SSSR count). The van der Waals surface area contributed by atoms with Crippen molar-refractivity contribution in [3.8, 4) is 0 Å². The first kappa shape index (κ1) is 164. The van der Waals surface area contributed by atoms with Gasteiger partial charge in [0.15, 0.2) is 0 Å². The van der Waals surface area contributed by atoms with Gasteiger partial charge in [0.2, 0.25) is 0 Å². The summed E-state index contributed by atoms with van der Waals surface area (Å²) in [6.45, 7) is 0. The molecule has 0 saturated heterocycles. The van der Waals surface area contributed by atoms with Crippen LogP contribution in [0.25, 0.3) is 0 Å². The minimum absolute atomic E-state index is 0. The third-order valence-corrected chi connectivity index (χ3v) is 0. The maximum atomic E-state index is 0. The van der Waals surface area contributed by atoms with Crippen LogP contribution in [0.5, 0.6) is 0 Å². The molecule has 4 N–H and O–H groups in total. The molecule has 0 fully saturated rings. The van der Waals surface area contributed by atoms with Crippen molar-refractivity contribution in [2.75, 3.05) is 0 Å². The number of hydrogen-bond acceptors (Lipinski definition) is 0. The fourth-order valence-corrected chi connectivity index (χ4v) is 0. The number of halogens is 6. The molecule has 0 aliphatic rings. The normalized spacial score (nSPS) is 0. The Morgan fingerprint density at radius 2 is 0.375 bits per heavy atom. The van der Waals surface area contributed by atoms with E-state index < -0.39 is 0 Å². The van der Waals surface area contributed by atoms with E-state index in [-0.39, 0.29) is 101 Å². The second kappa shape index (κ2) is 118. The van der Waals surface area contributed by atoms with Crippen molar-refractivity contribution in [2.45, 2.75) is 0 Å². The Morgan fingerprint density at radius 1 is 0.375 bits per heavy atom. The molecule has 0 heterocycles. The molecular weight excluding hydrogens is 419 g/mol. The Balaban J connectivity index is 0. The Labute approximate surface area is 99.9 Å². The molecule has 0 aromatic carbocycles. The molecule has 0 saturated carbocycles. The Morgan fingerprint density at radius 3 is 0.375 bits per heavy atom. The predicted molar refractivity (Wildman–Crippen MR) is 5.98 cm³/mol. The molecule has 0 atom stereocenters. The van der Waals surface area contributed by atoms with Gasteiger partial charge in [-0.3, -0.25) is 0 Å². The van der Waals surface area contributed by atoms with E-state index in [4.69, 9.17) is 0 Å². The monoisotopic (exact) mass is 421 g/mol. The van der Waals surface area contributed by atoms with Crippen LogP contribution in [0.1, 0.15) is 0 Å². The maximum absolute atomic E-state index is 0. The van der Waals surface area contributed by atoms with Gasteiger partial charge in [0.1, 0.15) is 0 Å². The second-order valence-corrected chi connectivity index (χ2v) is 0. The SMILES string of the molecule is [Cl-].[Cl-].[Cl-].[Cl-].[Cl-].[Cl-].[Ir].[NH4+]. The Kier molecular flexibility index (Phi) is 2420. The maximum Gasteiger partial charge on any atom is 0 e. The van der Waals surface area contributed by atoms with Crippen LogP contribution in [0.2, 0.25) is 0 Å². The minimum atomic E-state index is 0. The summed E-state index contributed by atoms with van der Waals surface area (Å²) in [6.07, 6.45) is 0. The molecule has 1 nitrogen and oxygen atoms in total. The van der Waals surface area contributed by atoms with Crippen molar-refractivity contribution < 1.29 is 94.5 Å². The molecule has 0 aliphatic carbocycles. The van der Waals surface area contributed by atoms with E-state index in [1.165, 1.54) is 0 Å². The van der Waals surface area contributed by atoms with E-state index in [1.807, 2.05) is 0 Å². The molecule has 1 radical (unpaired) electrons. The van der Waals surface area contributed by atoms with E-state index >= 15 is 0 Å². The van der Waals surface area contributed by atoms with Crippen LogP contribution in [0, 0.1) is 0 Å². The van der Waals surface area contributed by atoms with Crippen molar-refractivity contribution in [3.63, 3.8) is 0 Å². The van der Waals surface area contributed by atoms with Gasteiger partial charge in [-0.05, 0) is 0 Å². The van der Waals surface area contributed by atoms with Gasteiger partial charge in [-0.2, -0.15) is 0 Å². The Hall–Kier alpha value is 2.35. The van der Waals surface area contributed by atoms with Crippen LogP contribution in [-0.4, -0.2) is 0 Å². The number of rotatable bonds is 0. The van der Waals surface area contributed by atoms with Crippen LogP contribution in [0.15, 0.2) is 0 Å². The summed E-state index contributed by atoms with van der Waals surface area (Å²) < 4.78 is 0. The molecule has 0 unspecified atom stereocenters. The van der Waals surface area contributed by atoms with Crippen molar-refractivity contribution in [2.24, 2.45) is 0 Å². The van der Waals surface area contributed by atoms with Gasteiger partial charge in [-0.1, -0.05) is 0 Å². The fourth-order valence-electron chi connectivity index (χ4n) is 0. The van der Waals surface area contributed by atoms with Gasteiger partial charge in [0, 0.05) is 20.1 Å². The first-order valence-corrected chi connectivity index (χ1v) is 0. The van der Waals surface area contributed by atoms with E-state index in [1.54, 1.807) is 0 Å². The topological polar surface area (TPSA) is 36.5 Å². The standard InChI is InChI=1S/6ClH.Ir.H3N/h6*1H;;1H3/p-5. The third-order valence-electron chi connectivity index (χ3n) is 0. The smallest absolute Gasteiger partial charge is 0 e. The van der Waals surface area contributed by atoms with Crippen LogP contribution >= 0.6 is 0 Å². The predicted octanol–water partition coefficient (Wildman–Crippen LogP) is -17.6. The van der Waals surface area contributed by atoms with E-state index in [0.717, 1.165) is 0 Å².